The Bertz CT molecular complexity index is 593. The summed E-state index contributed by atoms with van der Waals surface area (Å²) >= 11 is 0. The van der Waals surface area contributed by atoms with Crippen LogP contribution in [0.5, 0.6) is 0 Å². The zero-order valence-corrected chi connectivity index (χ0v) is 10.8. The van der Waals surface area contributed by atoms with Crippen molar-refractivity contribution in [2.75, 3.05) is 6.54 Å². The topological polar surface area (TPSA) is 84.2 Å². The maximum absolute atomic E-state index is 11.9. The van der Waals surface area contributed by atoms with Crippen molar-refractivity contribution in [2.24, 2.45) is 0 Å². The fraction of sp³-hybridized carbons (Fsp3) is 0.214. The highest BCUT2D eigenvalue weighted by Gasteiger charge is 2.08. The van der Waals surface area contributed by atoms with Gasteiger partial charge in [0.25, 0.3) is 5.91 Å². The largest absolute Gasteiger partial charge is 0.478 e. The van der Waals surface area contributed by atoms with Crippen molar-refractivity contribution in [3.63, 3.8) is 0 Å². The lowest BCUT2D eigenvalue weighted by atomic mass is 10.1. The molecule has 104 valence electrons. The van der Waals surface area contributed by atoms with Crippen molar-refractivity contribution in [2.45, 2.75) is 13.0 Å². The molecular formula is C14H15N3O3. The number of hydrogen-bond acceptors (Lipinski definition) is 3. The Morgan fingerprint density at radius 3 is 2.75 bits per heavy atom. The van der Waals surface area contributed by atoms with Gasteiger partial charge in [0, 0.05) is 31.0 Å². The van der Waals surface area contributed by atoms with Crippen molar-refractivity contribution in [3.8, 4) is 0 Å². The monoisotopic (exact) mass is 273 g/mol. The molecule has 6 heteroatoms. The van der Waals surface area contributed by atoms with E-state index in [9.17, 15) is 9.59 Å². The van der Waals surface area contributed by atoms with E-state index >= 15 is 0 Å². The summed E-state index contributed by atoms with van der Waals surface area (Å²) in [6, 6.07) is 7.81. The number of hydrogen-bond donors (Lipinski definition) is 2. The molecule has 0 aliphatic carbocycles. The highest BCUT2D eigenvalue weighted by Crippen LogP contribution is 2.05. The zero-order valence-electron chi connectivity index (χ0n) is 10.8. The average molecular weight is 273 g/mol. The van der Waals surface area contributed by atoms with Crippen LogP contribution in [0.2, 0.25) is 0 Å². The third kappa shape index (κ3) is 3.68. The van der Waals surface area contributed by atoms with Crippen molar-refractivity contribution >= 4 is 11.9 Å². The van der Waals surface area contributed by atoms with Crippen LogP contribution in [0, 0.1) is 0 Å². The number of rotatable bonds is 6. The minimum Gasteiger partial charge on any atom is -0.478 e. The van der Waals surface area contributed by atoms with Crippen LogP contribution in [0.4, 0.5) is 0 Å². The molecule has 1 heterocycles. The number of carbonyl (C=O) groups is 2. The first kappa shape index (κ1) is 13.8. The van der Waals surface area contributed by atoms with Gasteiger partial charge in [-0.2, -0.15) is 5.10 Å². The molecule has 0 bridgehead atoms. The van der Waals surface area contributed by atoms with Crippen LogP contribution in [-0.4, -0.2) is 33.3 Å². The second kappa shape index (κ2) is 6.51. The number of nitrogens with zero attached hydrogens (tertiary/aromatic N) is 2. The molecule has 0 radical (unpaired) electrons. The number of nitrogens with one attached hydrogen (secondary N) is 1. The van der Waals surface area contributed by atoms with Crippen LogP contribution in [0.3, 0.4) is 0 Å². The van der Waals surface area contributed by atoms with Crippen molar-refractivity contribution < 1.29 is 14.7 Å². The SMILES string of the molecule is O=C(O)c1cccc(C(=O)NCCCn2cccn2)c1. The number of carboxylic acid groups (broad SMARTS) is 1. The fourth-order valence-electron chi connectivity index (χ4n) is 1.77. The van der Waals surface area contributed by atoms with E-state index < -0.39 is 5.97 Å². The minimum absolute atomic E-state index is 0.106. The molecule has 0 saturated heterocycles. The van der Waals surface area contributed by atoms with Crippen LogP contribution in [-0.2, 0) is 6.54 Å². The van der Waals surface area contributed by atoms with E-state index in [1.165, 1.54) is 12.1 Å². The van der Waals surface area contributed by atoms with Crippen LogP contribution >= 0.6 is 0 Å². The zero-order chi connectivity index (χ0) is 14.4. The molecule has 0 unspecified atom stereocenters. The summed E-state index contributed by atoms with van der Waals surface area (Å²) in [6.45, 7) is 1.23. The molecule has 20 heavy (non-hydrogen) atoms. The predicted octanol–water partition coefficient (Wildman–Crippen LogP) is 1.40. The van der Waals surface area contributed by atoms with E-state index in [0.29, 0.717) is 12.1 Å². The lowest BCUT2D eigenvalue weighted by molar-refractivity contribution is 0.0697. The minimum atomic E-state index is -1.04. The van der Waals surface area contributed by atoms with Crippen LogP contribution in [0.15, 0.2) is 42.7 Å². The molecule has 2 N–H and O–H groups in total. The van der Waals surface area contributed by atoms with Gasteiger partial charge in [-0.15, -0.1) is 0 Å². The van der Waals surface area contributed by atoms with Gasteiger partial charge in [-0.05, 0) is 30.7 Å². The Hall–Kier alpha value is -2.63. The van der Waals surface area contributed by atoms with Crippen LogP contribution < -0.4 is 5.32 Å². The molecule has 0 saturated carbocycles. The second-order valence-electron chi connectivity index (χ2n) is 4.26. The Morgan fingerprint density at radius 2 is 2.05 bits per heavy atom. The Kier molecular flexibility index (Phi) is 4.49. The van der Waals surface area contributed by atoms with Crippen molar-refractivity contribution in [1.29, 1.82) is 0 Å². The van der Waals surface area contributed by atoms with Gasteiger partial charge in [0.05, 0.1) is 5.56 Å². The van der Waals surface area contributed by atoms with Gasteiger partial charge in [-0.3, -0.25) is 9.48 Å². The number of carboxylic acids is 1. The van der Waals surface area contributed by atoms with Gasteiger partial charge in [-0.25, -0.2) is 4.79 Å². The van der Waals surface area contributed by atoms with E-state index in [0.717, 1.165) is 13.0 Å². The first-order chi connectivity index (χ1) is 9.66. The predicted molar refractivity (Wildman–Crippen MR) is 72.6 cm³/mol. The Labute approximate surface area is 116 Å². The van der Waals surface area contributed by atoms with Gasteiger partial charge in [0.1, 0.15) is 0 Å². The molecule has 1 aromatic carbocycles. The average Bonchev–Trinajstić information content (AvgIpc) is 2.96. The summed E-state index contributed by atoms with van der Waals surface area (Å²) < 4.78 is 1.79. The number of carbonyl (C=O) groups excluding carboxylic acids is 1. The van der Waals surface area contributed by atoms with E-state index in [4.69, 9.17) is 5.11 Å². The highest BCUT2D eigenvalue weighted by molar-refractivity contribution is 5.97. The second-order valence-corrected chi connectivity index (χ2v) is 4.26. The number of aromatic nitrogens is 2. The lowest BCUT2D eigenvalue weighted by Crippen LogP contribution is -2.25. The maximum atomic E-state index is 11.9. The third-order valence-electron chi connectivity index (χ3n) is 2.78. The van der Waals surface area contributed by atoms with E-state index in [1.807, 2.05) is 12.3 Å². The quantitative estimate of drug-likeness (QED) is 0.779. The molecule has 0 atom stereocenters. The normalized spacial score (nSPS) is 10.2. The summed E-state index contributed by atoms with van der Waals surface area (Å²) in [4.78, 5) is 22.7. The molecule has 0 spiro atoms. The number of benzene rings is 1. The molecule has 0 fully saturated rings. The Morgan fingerprint density at radius 1 is 1.25 bits per heavy atom. The number of aromatic carboxylic acids is 1. The summed E-state index contributed by atoms with van der Waals surface area (Å²) in [7, 11) is 0. The smallest absolute Gasteiger partial charge is 0.335 e. The van der Waals surface area contributed by atoms with Crippen molar-refractivity contribution in [1.82, 2.24) is 15.1 Å². The summed E-state index contributed by atoms with van der Waals surface area (Å²) in [5, 5.41) is 15.7. The molecule has 0 aliphatic heterocycles. The van der Waals surface area contributed by atoms with Gasteiger partial charge in [-0.1, -0.05) is 6.07 Å². The standard InChI is InChI=1S/C14H15N3O3/c18-13(11-4-1-5-12(10-11)14(19)20)15-6-2-8-17-9-3-7-16-17/h1,3-5,7,9-10H,2,6,8H2,(H,15,18)(H,19,20). The Balaban J connectivity index is 1.82. The summed E-state index contributed by atoms with van der Waals surface area (Å²) in [5.74, 6) is -1.31. The van der Waals surface area contributed by atoms with Gasteiger partial charge < -0.3 is 10.4 Å². The summed E-state index contributed by atoms with van der Waals surface area (Å²) in [6.07, 6.45) is 4.32. The van der Waals surface area contributed by atoms with E-state index in [1.54, 1.807) is 23.0 Å². The molecule has 1 amide bonds. The van der Waals surface area contributed by atoms with Gasteiger partial charge in [0.15, 0.2) is 0 Å². The maximum Gasteiger partial charge on any atom is 0.335 e. The molecular weight excluding hydrogens is 258 g/mol. The molecule has 1 aromatic heterocycles. The van der Waals surface area contributed by atoms with Gasteiger partial charge in [0.2, 0.25) is 0 Å². The number of aryl methyl sites for hydroxylation is 1. The highest BCUT2D eigenvalue weighted by atomic mass is 16.4. The van der Waals surface area contributed by atoms with Gasteiger partial charge >= 0.3 is 5.97 Å². The summed E-state index contributed by atoms with van der Waals surface area (Å²) in [5.41, 5.74) is 0.457. The molecule has 2 rings (SSSR count). The van der Waals surface area contributed by atoms with E-state index in [2.05, 4.69) is 10.4 Å². The number of amides is 1. The molecule has 6 nitrogen and oxygen atoms in total. The van der Waals surface area contributed by atoms with E-state index in [-0.39, 0.29) is 11.5 Å². The lowest BCUT2D eigenvalue weighted by Gasteiger charge is -2.06. The first-order valence-corrected chi connectivity index (χ1v) is 6.26. The fourth-order valence-corrected chi connectivity index (χ4v) is 1.77. The molecule has 0 aliphatic rings. The van der Waals surface area contributed by atoms with Crippen molar-refractivity contribution in [3.05, 3.63) is 53.9 Å². The third-order valence-corrected chi connectivity index (χ3v) is 2.78. The molecule has 2 aromatic rings. The van der Waals surface area contributed by atoms with Crippen LogP contribution in [0.1, 0.15) is 27.1 Å². The first-order valence-electron chi connectivity index (χ1n) is 6.26. The van der Waals surface area contributed by atoms with Crippen LogP contribution in [0.25, 0.3) is 0 Å².